The molecule has 0 amide bonds. The van der Waals surface area contributed by atoms with E-state index >= 15 is 0 Å². The number of ketones is 1. The number of hydrogen-bond donors (Lipinski definition) is 4. The van der Waals surface area contributed by atoms with Gasteiger partial charge in [-0.1, -0.05) is 0 Å². The van der Waals surface area contributed by atoms with Crippen LogP contribution in [0.3, 0.4) is 0 Å². The van der Waals surface area contributed by atoms with Gasteiger partial charge in [0.25, 0.3) is 0 Å². The average molecular weight is 405 g/mol. The summed E-state index contributed by atoms with van der Waals surface area (Å²) in [7, 11) is 0. The first-order valence-corrected chi connectivity index (χ1v) is 8.83. The van der Waals surface area contributed by atoms with Crippen molar-refractivity contribution in [3.63, 3.8) is 0 Å². The maximum absolute atomic E-state index is 14.4. The number of nitrogens with zero attached hydrogens (tertiary/aromatic N) is 3. The number of aromatic nitrogens is 5. The second-order valence-corrected chi connectivity index (χ2v) is 6.60. The van der Waals surface area contributed by atoms with Crippen LogP contribution in [0.2, 0.25) is 0 Å². The quantitative estimate of drug-likeness (QED) is 0.267. The number of aromatic amines is 2. The highest BCUT2D eigenvalue weighted by Crippen LogP contribution is 2.30. The molecule has 0 atom stereocenters. The van der Waals surface area contributed by atoms with E-state index in [9.17, 15) is 13.6 Å². The van der Waals surface area contributed by atoms with Crippen molar-refractivity contribution in [2.75, 3.05) is 11.1 Å². The normalized spacial score (nSPS) is 11.3. The number of hydrogen-bond acceptors (Lipinski definition) is 6. The number of fused-ring (bicyclic) bond motifs is 2. The highest BCUT2D eigenvalue weighted by Gasteiger charge is 2.25. The van der Waals surface area contributed by atoms with E-state index < -0.39 is 23.0 Å². The maximum atomic E-state index is 14.4. The van der Waals surface area contributed by atoms with Crippen molar-refractivity contribution in [3.05, 3.63) is 71.8 Å². The molecule has 3 heterocycles. The molecule has 5 rings (SSSR count). The van der Waals surface area contributed by atoms with Gasteiger partial charge in [-0.2, -0.15) is 5.10 Å². The summed E-state index contributed by atoms with van der Waals surface area (Å²) in [5.74, 6) is -2.68. The first-order valence-electron chi connectivity index (χ1n) is 8.83. The van der Waals surface area contributed by atoms with Crippen LogP contribution in [0.4, 0.5) is 26.0 Å². The minimum absolute atomic E-state index is 0.0131. The molecule has 3 aromatic heterocycles. The van der Waals surface area contributed by atoms with Gasteiger partial charge in [0.05, 0.1) is 33.9 Å². The fourth-order valence-electron chi connectivity index (χ4n) is 3.30. The fourth-order valence-corrected chi connectivity index (χ4v) is 3.30. The van der Waals surface area contributed by atoms with Gasteiger partial charge in [0, 0.05) is 17.3 Å². The Morgan fingerprint density at radius 3 is 2.87 bits per heavy atom. The smallest absolute Gasteiger partial charge is 0.201 e. The largest absolute Gasteiger partial charge is 0.396 e. The van der Waals surface area contributed by atoms with Gasteiger partial charge in [-0.3, -0.25) is 9.89 Å². The molecule has 0 unspecified atom stereocenters. The zero-order valence-corrected chi connectivity index (χ0v) is 15.2. The minimum atomic E-state index is -1.11. The summed E-state index contributed by atoms with van der Waals surface area (Å²) >= 11 is 0. The molecule has 30 heavy (non-hydrogen) atoms. The van der Waals surface area contributed by atoms with E-state index in [4.69, 9.17) is 5.73 Å². The molecular weight excluding hydrogens is 392 g/mol. The number of nitrogens with one attached hydrogen (secondary N) is 3. The van der Waals surface area contributed by atoms with Gasteiger partial charge in [0.15, 0.2) is 5.82 Å². The molecule has 2 aromatic carbocycles. The molecule has 10 heteroatoms. The van der Waals surface area contributed by atoms with Gasteiger partial charge in [-0.25, -0.2) is 18.7 Å². The van der Waals surface area contributed by atoms with Crippen molar-refractivity contribution >= 4 is 44.9 Å². The third-order valence-electron chi connectivity index (χ3n) is 4.77. The van der Waals surface area contributed by atoms with E-state index in [2.05, 4.69) is 30.5 Å². The summed E-state index contributed by atoms with van der Waals surface area (Å²) in [5.41, 5.74) is 6.29. The highest BCUT2D eigenvalue weighted by atomic mass is 19.1. The van der Waals surface area contributed by atoms with Crippen LogP contribution in [0.25, 0.3) is 21.9 Å². The maximum Gasteiger partial charge on any atom is 0.201 e. The molecule has 5 aromatic rings. The highest BCUT2D eigenvalue weighted by molar-refractivity contribution is 6.18. The van der Waals surface area contributed by atoms with Crippen LogP contribution in [0.1, 0.15) is 15.9 Å². The van der Waals surface area contributed by atoms with Crippen molar-refractivity contribution in [1.29, 1.82) is 0 Å². The molecular formula is C20H13F2N7O. The molecule has 148 valence electrons. The van der Waals surface area contributed by atoms with Crippen LogP contribution >= 0.6 is 0 Å². The lowest BCUT2D eigenvalue weighted by Gasteiger charge is -2.09. The predicted molar refractivity (Wildman–Crippen MR) is 107 cm³/mol. The minimum Gasteiger partial charge on any atom is -0.396 e. The molecule has 0 bridgehead atoms. The Balaban J connectivity index is 1.63. The average Bonchev–Trinajstić information content (AvgIpc) is 3.38. The molecule has 0 spiro atoms. The van der Waals surface area contributed by atoms with Gasteiger partial charge in [-0.05, 0) is 30.3 Å². The molecule has 0 radical (unpaired) electrons. The van der Waals surface area contributed by atoms with Crippen molar-refractivity contribution in [2.45, 2.75) is 0 Å². The van der Waals surface area contributed by atoms with Gasteiger partial charge in [0.2, 0.25) is 5.78 Å². The van der Waals surface area contributed by atoms with Gasteiger partial charge < -0.3 is 16.0 Å². The standard InChI is InChI=1S/C20H13F2N7O/c21-12-3-4-13(23)17(22)16(12)18(30)11-7-24-19-15(11)20(26-8-25-19)28-10-2-1-9-6-27-29-14(9)5-10/h1-8H,23H2,(H,27,29)(H2,24,25,26,28). The summed E-state index contributed by atoms with van der Waals surface area (Å²) in [6.45, 7) is 0. The van der Waals surface area contributed by atoms with Gasteiger partial charge >= 0.3 is 0 Å². The van der Waals surface area contributed by atoms with E-state index in [0.717, 1.165) is 23.0 Å². The fraction of sp³-hybridized carbons (Fsp3) is 0. The predicted octanol–water partition coefficient (Wildman–Crippen LogP) is 3.67. The first kappa shape index (κ1) is 17.7. The third kappa shape index (κ3) is 2.73. The topological polar surface area (TPSA) is 125 Å². The molecule has 8 nitrogen and oxygen atoms in total. The number of rotatable bonds is 4. The Bertz CT molecular complexity index is 1440. The molecule has 0 aliphatic carbocycles. The summed E-state index contributed by atoms with van der Waals surface area (Å²) in [4.78, 5) is 24.2. The monoisotopic (exact) mass is 405 g/mol. The van der Waals surface area contributed by atoms with Gasteiger partial charge in [-0.15, -0.1) is 0 Å². The molecule has 0 saturated heterocycles. The van der Waals surface area contributed by atoms with E-state index in [0.29, 0.717) is 22.5 Å². The summed E-state index contributed by atoms with van der Waals surface area (Å²) in [6, 6.07) is 7.52. The SMILES string of the molecule is Nc1ccc(F)c(C(=O)c2c[nH]c3ncnc(Nc4ccc5cn[nH]c5c4)c23)c1F. The molecule has 0 fully saturated rings. The number of nitrogens with two attached hydrogens (primary N) is 1. The number of anilines is 3. The van der Waals surface area contributed by atoms with Crippen molar-refractivity contribution in [3.8, 4) is 0 Å². The van der Waals surface area contributed by atoms with Crippen LogP contribution < -0.4 is 11.1 Å². The summed E-state index contributed by atoms with van der Waals surface area (Å²) in [5, 5.41) is 11.2. The lowest BCUT2D eigenvalue weighted by Crippen LogP contribution is -2.10. The Labute approximate surface area is 167 Å². The second kappa shape index (κ2) is 6.62. The number of benzene rings is 2. The molecule has 5 N–H and O–H groups in total. The van der Waals surface area contributed by atoms with Gasteiger partial charge in [0.1, 0.15) is 23.6 Å². The lowest BCUT2D eigenvalue weighted by atomic mass is 10.0. The molecule has 0 aliphatic heterocycles. The van der Waals surface area contributed by atoms with Crippen molar-refractivity contribution < 1.29 is 13.6 Å². The van der Waals surface area contributed by atoms with E-state index in [1.165, 1.54) is 12.5 Å². The van der Waals surface area contributed by atoms with Crippen LogP contribution in [-0.4, -0.2) is 30.9 Å². The lowest BCUT2D eigenvalue weighted by molar-refractivity contribution is 0.103. The Kier molecular flexibility index (Phi) is 3.91. The zero-order valence-electron chi connectivity index (χ0n) is 15.2. The van der Waals surface area contributed by atoms with Crippen molar-refractivity contribution in [1.82, 2.24) is 25.1 Å². The van der Waals surface area contributed by atoms with Crippen LogP contribution in [-0.2, 0) is 0 Å². The number of H-pyrrole nitrogens is 2. The van der Waals surface area contributed by atoms with E-state index in [1.54, 1.807) is 6.20 Å². The molecule has 0 aliphatic rings. The summed E-state index contributed by atoms with van der Waals surface area (Å²) < 4.78 is 28.7. The van der Waals surface area contributed by atoms with Crippen LogP contribution in [0.15, 0.2) is 49.1 Å². The Morgan fingerprint density at radius 1 is 1.13 bits per heavy atom. The number of carbonyl (C=O) groups excluding carboxylic acids is 1. The summed E-state index contributed by atoms with van der Waals surface area (Å²) in [6.07, 6.45) is 4.35. The van der Waals surface area contributed by atoms with E-state index in [1.807, 2.05) is 18.2 Å². The Morgan fingerprint density at radius 2 is 2.00 bits per heavy atom. The first-order chi connectivity index (χ1) is 14.5. The third-order valence-corrected chi connectivity index (χ3v) is 4.77. The number of carbonyl (C=O) groups is 1. The van der Waals surface area contributed by atoms with E-state index in [-0.39, 0.29) is 11.3 Å². The van der Waals surface area contributed by atoms with Crippen LogP contribution in [0.5, 0.6) is 0 Å². The Hall–Kier alpha value is -4.34. The van der Waals surface area contributed by atoms with Crippen LogP contribution in [0, 0.1) is 11.6 Å². The molecule has 0 saturated carbocycles. The van der Waals surface area contributed by atoms with Crippen molar-refractivity contribution in [2.24, 2.45) is 0 Å². The zero-order chi connectivity index (χ0) is 20.8. The number of halogens is 2. The second-order valence-electron chi connectivity index (χ2n) is 6.60. The number of nitrogen functional groups attached to an aromatic ring is 1.